The number of methoxy groups -OCH3 is 2. The molecule has 6 nitrogen and oxygen atoms in total. The Morgan fingerprint density at radius 2 is 1.77 bits per heavy atom. The van der Waals surface area contributed by atoms with Crippen LogP contribution in [0.25, 0.3) is 0 Å². The molecule has 2 aromatic carbocycles. The Bertz CT molecular complexity index is 1100. The molecular weight excluding hydrogens is 380 g/mol. The summed E-state index contributed by atoms with van der Waals surface area (Å²) in [4.78, 5) is 13.3. The predicted molar refractivity (Wildman–Crippen MR) is 111 cm³/mol. The summed E-state index contributed by atoms with van der Waals surface area (Å²) < 4.78 is 16.5. The van der Waals surface area contributed by atoms with E-state index in [0.717, 1.165) is 11.1 Å². The van der Waals surface area contributed by atoms with Gasteiger partial charge in [0, 0.05) is 18.4 Å². The van der Waals surface area contributed by atoms with Crippen molar-refractivity contribution in [2.24, 2.45) is 5.73 Å². The number of hydrogen-bond donors (Lipinski definition) is 1. The molecule has 0 saturated carbocycles. The van der Waals surface area contributed by atoms with E-state index in [4.69, 9.17) is 19.9 Å². The molecule has 0 saturated heterocycles. The van der Waals surface area contributed by atoms with E-state index in [1.165, 1.54) is 0 Å². The van der Waals surface area contributed by atoms with Gasteiger partial charge in [-0.15, -0.1) is 0 Å². The number of allylic oxidation sites excluding steroid dienone is 3. The van der Waals surface area contributed by atoms with Crippen molar-refractivity contribution in [2.75, 3.05) is 14.2 Å². The minimum Gasteiger partial charge on any atom is -0.493 e. The van der Waals surface area contributed by atoms with Crippen molar-refractivity contribution in [1.29, 1.82) is 5.26 Å². The van der Waals surface area contributed by atoms with E-state index in [2.05, 4.69) is 6.07 Å². The molecule has 1 aliphatic heterocycles. The Balaban J connectivity index is 1.74. The maximum Gasteiger partial charge on any atom is 0.205 e. The van der Waals surface area contributed by atoms with Crippen molar-refractivity contribution >= 4 is 5.78 Å². The molecule has 2 N–H and O–H groups in total. The highest BCUT2D eigenvalue weighted by Crippen LogP contribution is 2.47. The van der Waals surface area contributed by atoms with Crippen LogP contribution in [0.2, 0.25) is 0 Å². The second-order valence-electron chi connectivity index (χ2n) is 7.32. The molecule has 2 aliphatic rings. The highest BCUT2D eigenvalue weighted by Gasteiger charge is 2.40. The quantitative estimate of drug-likeness (QED) is 0.833. The minimum absolute atomic E-state index is 0.0369. The monoisotopic (exact) mass is 402 g/mol. The van der Waals surface area contributed by atoms with Crippen molar-refractivity contribution in [1.82, 2.24) is 0 Å². The average Bonchev–Trinajstić information content (AvgIpc) is 2.78. The van der Waals surface area contributed by atoms with Crippen molar-refractivity contribution in [3.05, 3.63) is 82.4 Å². The van der Waals surface area contributed by atoms with Crippen LogP contribution in [0.3, 0.4) is 0 Å². The summed E-state index contributed by atoms with van der Waals surface area (Å²) in [6.45, 7) is 0. The fraction of sp³-hybridized carbons (Fsp3) is 0.250. The number of benzene rings is 2. The zero-order valence-electron chi connectivity index (χ0n) is 16.8. The third-order valence-electron chi connectivity index (χ3n) is 5.67. The van der Waals surface area contributed by atoms with E-state index < -0.39 is 5.92 Å². The van der Waals surface area contributed by atoms with Crippen LogP contribution in [0.1, 0.15) is 35.8 Å². The van der Waals surface area contributed by atoms with Gasteiger partial charge >= 0.3 is 0 Å². The lowest BCUT2D eigenvalue weighted by Crippen LogP contribution is -2.29. The molecule has 0 bridgehead atoms. The smallest absolute Gasteiger partial charge is 0.205 e. The third-order valence-corrected chi connectivity index (χ3v) is 5.67. The van der Waals surface area contributed by atoms with Gasteiger partial charge in [-0.3, -0.25) is 4.79 Å². The SMILES string of the molecule is COc1ccc([C@H]2CC(=O)C3=C(C2)OC(N)=C(C#N)[C@@H]3c2ccccc2)cc1OC. The number of nitrogens with zero attached hydrogens (tertiary/aromatic N) is 1. The van der Waals surface area contributed by atoms with E-state index in [1.807, 2.05) is 48.5 Å². The molecule has 30 heavy (non-hydrogen) atoms. The van der Waals surface area contributed by atoms with Gasteiger partial charge in [-0.25, -0.2) is 0 Å². The highest BCUT2D eigenvalue weighted by atomic mass is 16.5. The zero-order chi connectivity index (χ0) is 21.3. The Kier molecular flexibility index (Phi) is 5.20. The summed E-state index contributed by atoms with van der Waals surface area (Å²) >= 11 is 0. The van der Waals surface area contributed by atoms with E-state index in [0.29, 0.717) is 35.7 Å². The standard InChI is InChI=1S/C24H22N2O4/c1-28-19-9-8-15(11-20(19)29-2)16-10-18(27)23-21(12-16)30-24(26)17(13-25)22(23)14-6-4-3-5-7-14/h3-9,11,16,22H,10,12,26H2,1-2H3/t16-,22-/m0/s1. The van der Waals surface area contributed by atoms with Crippen LogP contribution in [-0.4, -0.2) is 20.0 Å². The summed E-state index contributed by atoms with van der Waals surface area (Å²) in [7, 11) is 3.16. The largest absolute Gasteiger partial charge is 0.493 e. The van der Waals surface area contributed by atoms with Gasteiger partial charge in [0.25, 0.3) is 0 Å². The van der Waals surface area contributed by atoms with Gasteiger partial charge in [-0.2, -0.15) is 5.26 Å². The molecule has 2 aromatic rings. The van der Waals surface area contributed by atoms with Crippen LogP contribution >= 0.6 is 0 Å². The van der Waals surface area contributed by atoms with Gasteiger partial charge in [0.15, 0.2) is 17.3 Å². The Labute approximate surface area is 175 Å². The molecule has 6 heteroatoms. The molecule has 0 unspecified atom stereocenters. The first kappa shape index (κ1) is 19.6. The van der Waals surface area contributed by atoms with E-state index >= 15 is 0 Å². The number of nitrogens with two attached hydrogens (primary N) is 1. The van der Waals surface area contributed by atoms with Gasteiger partial charge < -0.3 is 19.9 Å². The molecule has 1 heterocycles. The first-order valence-corrected chi connectivity index (χ1v) is 9.68. The first-order valence-electron chi connectivity index (χ1n) is 9.68. The maximum absolute atomic E-state index is 13.3. The van der Waals surface area contributed by atoms with Gasteiger partial charge in [-0.05, 0) is 29.2 Å². The number of nitriles is 1. The Hall–Kier alpha value is -3.72. The van der Waals surface area contributed by atoms with Crippen LogP contribution in [0.4, 0.5) is 0 Å². The van der Waals surface area contributed by atoms with Gasteiger partial charge in [0.05, 0.1) is 20.1 Å². The number of carbonyl (C=O) groups is 1. The van der Waals surface area contributed by atoms with Crippen molar-refractivity contribution in [2.45, 2.75) is 24.7 Å². The maximum atomic E-state index is 13.3. The topological polar surface area (TPSA) is 94.6 Å². The van der Waals surface area contributed by atoms with E-state index in [1.54, 1.807) is 14.2 Å². The molecule has 152 valence electrons. The van der Waals surface area contributed by atoms with Gasteiger partial charge in [0.1, 0.15) is 17.4 Å². The van der Waals surface area contributed by atoms with Crippen LogP contribution < -0.4 is 15.2 Å². The molecule has 0 amide bonds. The predicted octanol–water partition coefficient (Wildman–Crippen LogP) is 3.91. The second kappa shape index (κ2) is 7.96. The fourth-order valence-corrected chi connectivity index (χ4v) is 4.23. The average molecular weight is 402 g/mol. The number of hydrogen-bond acceptors (Lipinski definition) is 6. The zero-order valence-corrected chi connectivity index (χ0v) is 16.8. The van der Waals surface area contributed by atoms with E-state index in [-0.39, 0.29) is 23.2 Å². The Morgan fingerprint density at radius 3 is 2.43 bits per heavy atom. The molecular formula is C24H22N2O4. The lowest BCUT2D eigenvalue weighted by atomic mass is 9.73. The molecule has 1 aliphatic carbocycles. The molecule has 2 atom stereocenters. The van der Waals surface area contributed by atoms with Crippen molar-refractivity contribution in [3.63, 3.8) is 0 Å². The lowest BCUT2D eigenvalue weighted by molar-refractivity contribution is -0.117. The fourth-order valence-electron chi connectivity index (χ4n) is 4.23. The normalized spacial score (nSPS) is 20.9. The van der Waals surface area contributed by atoms with E-state index in [9.17, 15) is 10.1 Å². The number of ether oxygens (including phenoxy) is 3. The first-order chi connectivity index (χ1) is 14.6. The summed E-state index contributed by atoms with van der Waals surface area (Å²) in [5, 5.41) is 9.68. The van der Waals surface area contributed by atoms with Crippen molar-refractivity contribution in [3.8, 4) is 17.6 Å². The summed E-state index contributed by atoms with van der Waals surface area (Å²) in [6.07, 6.45) is 0.832. The summed E-state index contributed by atoms with van der Waals surface area (Å²) in [5.41, 5.74) is 8.71. The van der Waals surface area contributed by atoms with Crippen LogP contribution in [0.15, 0.2) is 71.3 Å². The lowest BCUT2D eigenvalue weighted by Gasteiger charge is -2.34. The number of Topliss-reactive ketones (excluding diaryl/α,β-unsaturated/α-hetero) is 1. The van der Waals surface area contributed by atoms with Gasteiger partial charge in [-0.1, -0.05) is 36.4 Å². The highest BCUT2D eigenvalue weighted by molar-refractivity contribution is 6.00. The van der Waals surface area contributed by atoms with Gasteiger partial charge in [0.2, 0.25) is 5.88 Å². The van der Waals surface area contributed by atoms with Crippen LogP contribution in [0.5, 0.6) is 11.5 Å². The minimum atomic E-state index is -0.501. The summed E-state index contributed by atoms with van der Waals surface area (Å²) in [5.74, 6) is 1.22. The molecule has 0 fully saturated rings. The third kappa shape index (κ3) is 3.29. The Morgan fingerprint density at radius 1 is 1.03 bits per heavy atom. The molecule has 4 rings (SSSR count). The molecule has 0 radical (unpaired) electrons. The van der Waals surface area contributed by atoms with Crippen LogP contribution in [0, 0.1) is 11.3 Å². The number of rotatable bonds is 4. The number of carbonyl (C=O) groups excluding carboxylic acids is 1. The molecule has 0 spiro atoms. The molecule has 0 aromatic heterocycles. The number of ketones is 1. The van der Waals surface area contributed by atoms with Crippen LogP contribution in [-0.2, 0) is 9.53 Å². The van der Waals surface area contributed by atoms with Crippen molar-refractivity contribution < 1.29 is 19.0 Å². The second-order valence-corrected chi connectivity index (χ2v) is 7.32. The summed E-state index contributed by atoms with van der Waals surface area (Å²) in [6, 6.07) is 17.3.